The monoisotopic (exact) mass is 419 g/mol. The summed E-state index contributed by atoms with van der Waals surface area (Å²) >= 11 is 0. The lowest BCUT2D eigenvalue weighted by Crippen LogP contribution is -2.54. The second kappa shape index (κ2) is 6.01. The molecule has 6 rings (SSSR count). The highest BCUT2D eigenvalue weighted by molar-refractivity contribution is 6.25. The Morgan fingerprint density at radius 3 is 2.61 bits per heavy atom. The van der Waals surface area contributed by atoms with Crippen LogP contribution in [-0.4, -0.2) is 35.2 Å². The maximum Gasteiger partial charge on any atom is 0.250 e. The second-order valence-corrected chi connectivity index (χ2v) is 9.10. The van der Waals surface area contributed by atoms with Crippen molar-refractivity contribution >= 4 is 29.1 Å². The Balaban J connectivity index is 1.56. The Kier molecular flexibility index (Phi) is 3.62. The van der Waals surface area contributed by atoms with Crippen molar-refractivity contribution in [2.75, 3.05) is 16.8 Å². The van der Waals surface area contributed by atoms with E-state index >= 15 is 0 Å². The number of anilines is 2. The Morgan fingerprint density at radius 1 is 1.03 bits per heavy atom. The average Bonchev–Trinajstić information content (AvgIpc) is 3.43. The van der Waals surface area contributed by atoms with Gasteiger partial charge in [0.05, 0.1) is 17.5 Å². The van der Waals surface area contributed by atoms with Gasteiger partial charge in [-0.1, -0.05) is 6.07 Å². The molecular weight excluding hydrogens is 397 g/mol. The molecule has 31 heavy (non-hydrogen) atoms. The van der Waals surface area contributed by atoms with Crippen LogP contribution in [0.2, 0.25) is 0 Å². The highest BCUT2D eigenvalue weighted by Crippen LogP contribution is 2.60. The van der Waals surface area contributed by atoms with Gasteiger partial charge < -0.3 is 5.32 Å². The third kappa shape index (κ3) is 2.12. The van der Waals surface area contributed by atoms with Crippen LogP contribution in [0.3, 0.4) is 0 Å². The summed E-state index contributed by atoms with van der Waals surface area (Å²) in [5, 5.41) is 2.86. The summed E-state index contributed by atoms with van der Waals surface area (Å²) in [4.78, 5) is 44.2. The van der Waals surface area contributed by atoms with Crippen molar-refractivity contribution in [1.82, 2.24) is 4.90 Å². The molecule has 3 saturated heterocycles. The minimum atomic E-state index is -1.34. The van der Waals surface area contributed by atoms with Crippen molar-refractivity contribution in [3.8, 4) is 0 Å². The van der Waals surface area contributed by atoms with E-state index < -0.39 is 23.2 Å². The molecule has 1 spiro atoms. The van der Waals surface area contributed by atoms with Gasteiger partial charge in [0.2, 0.25) is 17.7 Å². The number of nitrogens with one attached hydrogen (secondary N) is 1. The minimum Gasteiger partial charge on any atom is -0.324 e. The number of amides is 3. The fourth-order valence-corrected chi connectivity index (χ4v) is 6.29. The zero-order valence-corrected chi connectivity index (χ0v) is 17.3. The molecule has 2 aromatic carbocycles. The lowest BCUT2D eigenvalue weighted by Gasteiger charge is -2.36. The maximum absolute atomic E-state index is 14.3. The molecule has 0 unspecified atom stereocenters. The van der Waals surface area contributed by atoms with E-state index in [0.717, 1.165) is 24.0 Å². The van der Waals surface area contributed by atoms with Crippen LogP contribution in [-0.2, 0) is 19.9 Å². The number of hydrogen-bond donors (Lipinski definition) is 1. The van der Waals surface area contributed by atoms with Crippen molar-refractivity contribution in [3.05, 3.63) is 58.9 Å². The topological polar surface area (TPSA) is 69.7 Å². The molecule has 3 amide bonds. The Hall–Kier alpha value is -3.06. The summed E-state index contributed by atoms with van der Waals surface area (Å²) in [5.41, 5.74) is 2.23. The molecule has 0 aliphatic carbocycles. The molecule has 1 N–H and O–H groups in total. The van der Waals surface area contributed by atoms with Gasteiger partial charge in [0.1, 0.15) is 11.4 Å². The van der Waals surface area contributed by atoms with Gasteiger partial charge in [-0.2, -0.15) is 0 Å². The van der Waals surface area contributed by atoms with Gasteiger partial charge >= 0.3 is 0 Å². The second-order valence-electron chi connectivity index (χ2n) is 9.10. The molecule has 0 aromatic heterocycles. The number of carbonyl (C=O) groups is 3. The maximum atomic E-state index is 14.3. The Bertz CT molecular complexity index is 1190. The molecule has 3 fully saturated rings. The highest BCUT2D eigenvalue weighted by Gasteiger charge is 2.74. The van der Waals surface area contributed by atoms with Gasteiger partial charge in [-0.05, 0) is 74.7 Å². The van der Waals surface area contributed by atoms with E-state index in [0.29, 0.717) is 23.5 Å². The van der Waals surface area contributed by atoms with Crippen molar-refractivity contribution < 1.29 is 18.8 Å². The van der Waals surface area contributed by atoms with Crippen LogP contribution in [0.5, 0.6) is 0 Å². The van der Waals surface area contributed by atoms with Crippen LogP contribution in [0.1, 0.15) is 29.5 Å². The van der Waals surface area contributed by atoms with E-state index in [2.05, 4.69) is 5.32 Å². The summed E-state index contributed by atoms with van der Waals surface area (Å²) in [6, 6.07) is 9.49. The van der Waals surface area contributed by atoms with Crippen molar-refractivity contribution in [3.63, 3.8) is 0 Å². The number of nitrogens with zero attached hydrogens (tertiary/aromatic N) is 2. The number of aryl methyl sites for hydroxylation is 2. The van der Waals surface area contributed by atoms with Gasteiger partial charge in [0, 0.05) is 17.3 Å². The predicted molar refractivity (Wildman–Crippen MR) is 112 cm³/mol. The molecule has 4 heterocycles. The molecule has 158 valence electrons. The molecule has 4 atom stereocenters. The first-order valence-electron chi connectivity index (χ1n) is 10.7. The number of halogens is 1. The Labute approximate surface area is 179 Å². The normalized spacial score (nSPS) is 31.4. The summed E-state index contributed by atoms with van der Waals surface area (Å²) in [5.74, 6) is -2.91. The fourth-order valence-electron chi connectivity index (χ4n) is 6.29. The number of rotatable bonds is 1. The number of fused-ring (bicyclic) bond motifs is 7. The van der Waals surface area contributed by atoms with Crippen LogP contribution in [0, 0.1) is 31.5 Å². The first kappa shape index (κ1) is 18.7. The van der Waals surface area contributed by atoms with Gasteiger partial charge in [0.15, 0.2) is 0 Å². The largest absolute Gasteiger partial charge is 0.324 e. The number of imide groups is 1. The van der Waals surface area contributed by atoms with E-state index in [1.165, 1.54) is 23.1 Å². The van der Waals surface area contributed by atoms with E-state index in [1.54, 1.807) is 6.07 Å². The molecular formula is C24H22FN3O3. The fraction of sp³-hybridized carbons (Fsp3) is 0.375. The van der Waals surface area contributed by atoms with E-state index in [9.17, 15) is 18.8 Å². The van der Waals surface area contributed by atoms with Crippen LogP contribution < -0.4 is 10.2 Å². The van der Waals surface area contributed by atoms with E-state index in [-0.39, 0.29) is 23.8 Å². The summed E-state index contributed by atoms with van der Waals surface area (Å²) in [6.45, 7) is 4.51. The number of carbonyl (C=O) groups excluding carboxylic acids is 3. The Morgan fingerprint density at radius 2 is 1.84 bits per heavy atom. The van der Waals surface area contributed by atoms with Crippen molar-refractivity contribution in [2.45, 2.75) is 38.3 Å². The van der Waals surface area contributed by atoms with Gasteiger partial charge in [-0.15, -0.1) is 0 Å². The van der Waals surface area contributed by atoms with Crippen LogP contribution in [0.15, 0.2) is 36.4 Å². The molecule has 0 saturated carbocycles. The molecule has 2 aromatic rings. The number of benzene rings is 2. The first-order chi connectivity index (χ1) is 14.9. The highest BCUT2D eigenvalue weighted by atomic mass is 19.1. The molecule has 6 nitrogen and oxygen atoms in total. The lowest BCUT2D eigenvalue weighted by molar-refractivity contribution is -0.135. The standard InChI is InChI=1S/C24H22FN3O3/c1-12-5-7-15(10-13(12)2)28-21(29)19-18-4-3-9-27(18)24(20(19)22(28)30)16-11-14(25)6-8-17(16)26-23(24)31/h5-8,10-11,18-20H,3-4,9H2,1-2H3,(H,26,31)/t18-,19-,20-,24+/m0/s1. The molecule has 7 heteroatoms. The smallest absolute Gasteiger partial charge is 0.250 e. The third-order valence-electron chi connectivity index (χ3n) is 7.70. The summed E-state index contributed by atoms with van der Waals surface area (Å²) < 4.78 is 14.3. The van der Waals surface area contributed by atoms with Crippen LogP contribution in [0.4, 0.5) is 15.8 Å². The van der Waals surface area contributed by atoms with Crippen LogP contribution >= 0.6 is 0 Å². The van der Waals surface area contributed by atoms with Crippen molar-refractivity contribution in [1.29, 1.82) is 0 Å². The minimum absolute atomic E-state index is 0.210. The lowest BCUT2D eigenvalue weighted by atomic mass is 9.75. The molecule has 4 aliphatic heterocycles. The van der Waals surface area contributed by atoms with E-state index in [4.69, 9.17) is 0 Å². The predicted octanol–water partition coefficient (Wildman–Crippen LogP) is 2.87. The third-order valence-corrected chi connectivity index (χ3v) is 7.70. The van der Waals surface area contributed by atoms with Gasteiger partial charge in [-0.3, -0.25) is 19.3 Å². The van der Waals surface area contributed by atoms with E-state index in [1.807, 2.05) is 30.9 Å². The zero-order valence-electron chi connectivity index (χ0n) is 17.3. The summed E-state index contributed by atoms with van der Waals surface area (Å²) in [7, 11) is 0. The molecule has 0 radical (unpaired) electrons. The van der Waals surface area contributed by atoms with Crippen molar-refractivity contribution in [2.24, 2.45) is 11.8 Å². The summed E-state index contributed by atoms with van der Waals surface area (Å²) in [6.07, 6.45) is 1.57. The quantitative estimate of drug-likeness (QED) is 0.722. The first-order valence-corrected chi connectivity index (χ1v) is 10.7. The van der Waals surface area contributed by atoms with Crippen LogP contribution in [0.25, 0.3) is 0 Å². The molecule has 0 bridgehead atoms. The zero-order chi connectivity index (χ0) is 21.7. The SMILES string of the molecule is Cc1ccc(N2C(=O)[C@@H]3[C@@H](C2=O)[C@]2(C(=O)Nc4ccc(F)cc42)N2CCC[C@@H]32)cc1C. The van der Waals surface area contributed by atoms with Gasteiger partial charge in [-0.25, -0.2) is 9.29 Å². The molecule has 4 aliphatic rings. The van der Waals surface area contributed by atoms with Gasteiger partial charge in [0.25, 0.3) is 0 Å². The number of hydrogen-bond acceptors (Lipinski definition) is 4. The average molecular weight is 419 g/mol.